The Hall–Kier alpha value is -1.30. The Morgan fingerprint density at radius 2 is 1.88 bits per heavy atom. The second-order valence-corrected chi connectivity index (χ2v) is 7.42. The summed E-state index contributed by atoms with van der Waals surface area (Å²) in [6.45, 7) is 0.347. The molecule has 3 aliphatic rings. The molecule has 0 saturated heterocycles. The van der Waals surface area contributed by atoms with E-state index in [1.807, 2.05) is 12.1 Å². The van der Waals surface area contributed by atoms with Crippen LogP contribution in [0.2, 0.25) is 0 Å². The summed E-state index contributed by atoms with van der Waals surface area (Å²) in [4.78, 5) is 0. The summed E-state index contributed by atoms with van der Waals surface area (Å²) in [6.07, 6.45) is 2.81. The Labute approximate surface area is 142 Å². The second kappa shape index (κ2) is 5.90. The van der Waals surface area contributed by atoms with Gasteiger partial charge < -0.3 is 24.1 Å². The Balaban J connectivity index is 1.70. The molecule has 6 atom stereocenters. The van der Waals surface area contributed by atoms with Crippen molar-refractivity contribution >= 4 is 0 Å². The first-order valence-corrected chi connectivity index (χ1v) is 8.68. The topological polar surface area (TPSA) is 57.2 Å². The standard InChI is InChI=1S/C19H26O5/c1-21-12-4-5-13-15(7-12)24-10-19(20)9-11-6-16(22-2)17(23-3)8-14(11)18(13)19/h4-5,7,11,14,16-18,20H,6,8-10H2,1-3H3/t11?,14?,16?,17?,18-,19+/m0/s1. The third-order valence-corrected chi connectivity index (χ3v) is 6.32. The van der Waals surface area contributed by atoms with Crippen molar-refractivity contribution in [1.29, 1.82) is 0 Å². The minimum absolute atomic E-state index is 0.0862. The maximum Gasteiger partial charge on any atom is 0.126 e. The quantitative estimate of drug-likeness (QED) is 0.920. The molecule has 4 rings (SSSR count). The predicted octanol–water partition coefficient (Wildman–Crippen LogP) is 2.36. The largest absolute Gasteiger partial charge is 0.497 e. The summed E-state index contributed by atoms with van der Waals surface area (Å²) < 4.78 is 22.5. The summed E-state index contributed by atoms with van der Waals surface area (Å²) in [5, 5.41) is 11.3. The molecule has 1 aliphatic heterocycles. The van der Waals surface area contributed by atoms with Crippen molar-refractivity contribution in [2.45, 2.75) is 43.0 Å². The predicted molar refractivity (Wildman–Crippen MR) is 88.6 cm³/mol. The van der Waals surface area contributed by atoms with Gasteiger partial charge in [0.1, 0.15) is 23.7 Å². The highest BCUT2D eigenvalue weighted by atomic mass is 16.5. The van der Waals surface area contributed by atoms with E-state index in [0.29, 0.717) is 18.4 Å². The molecule has 1 aromatic rings. The van der Waals surface area contributed by atoms with Crippen molar-refractivity contribution in [3.8, 4) is 11.5 Å². The van der Waals surface area contributed by atoms with Gasteiger partial charge in [0.25, 0.3) is 0 Å². The first-order chi connectivity index (χ1) is 11.6. The molecule has 2 saturated carbocycles. The lowest BCUT2D eigenvalue weighted by atomic mass is 9.71. The van der Waals surface area contributed by atoms with Gasteiger partial charge in [-0.3, -0.25) is 0 Å². The normalized spacial score (nSPS) is 40.2. The summed E-state index contributed by atoms with van der Waals surface area (Å²) >= 11 is 0. The van der Waals surface area contributed by atoms with Gasteiger partial charge >= 0.3 is 0 Å². The molecule has 0 bridgehead atoms. The summed E-state index contributed by atoms with van der Waals surface area (Å²) in [5.41, 5.74) is 0.306. The minimum Gasteiger partial charge on any atom is -0.497 e. The van der Waals surface area contributed by atoms with E-state index < -0.39 is 5.60 Å². The first-order valence-electron chi connectivity index (χ1n) is 8.68. The number of benzene rings is 1. The Morgan fingerprint density at radius 1 is 1.12 bits per heavy atom. The lowest BCUT2D eigenvalue weighted by Crippen LogP contribution is -2.44. The molecule has 1 heterocycles. The van der Waals surface area contributed by atoms with Gasteiger partial charge in [0, 0.05) is 31.8 Å². The highest BCUT2D eigenvalue weighted by Crippen LogP contribution is 2.59. The van der Waals surface area contributed by atoms with Crippen LogP contribution in [0, 0.1) is 11.8 Å². The molecule has 0 radical (unpaired) electrons. The Morgan fingerprint density at radius 3 is 2.58 bits per heavy atom. The van der Waals surface area contributed by atoms with Crippen molar-refractivity contribution in [2.24, 2.45) is 11.8 Å². The third-order valence-electron chi connectivity index (χ3n) is 6.32. The van der Waals surface area contributed by atoms with Crippen molar-refractivity contribution < 1.29 is 24.1 Å². The molecule has 5 nitrogen and oxygen atoms in total. The number of aliphatic hydroxyl groups is 1. The van der Waals surface area contributed by atoms with Crippen molar-refractivity contribution in [2.75, 3.05) is 27.9 Å². The molecule has 132 valence electrons. The maximum atomic E-state index is 11.3. The Kier molecular flexibility index (Phi) is 3.98. The van der Waals surface area contributed by atoms with E-state index >= 15 is 0 Å². The molecule has 0 spiro atoms. The SMILES string of the molecule is COc1ccc2c(c1)OC[C@]1(O)CC3CC(OC)C(OC)CC3[C@H]21. The fourth-order valence-electron chi connectivity index (χ4n) is 5.25. The molecular weight excluding hydrogens is 308 g/mol. The lowest BCUT2D eigenvalue weighted by Gasteiger charge is -2.41. The highest BCUT2D eigenvalue weighted by molar-refractivity contribution is 5.47. The van der Waals surface area contributed by atoms with Crippen LogP contribution < -0.4 is 9.47 Å². The van der Waals surface area contributed by atoms with Gasteiger partial charge in [0.2, 0.25) is 0 Å². The first kappa shape index (κ1) is 16.2. The molecule has 24 heavy (non-hydrogen) atoms. The van der Waals surface area contributed by atoms with E-state index in [4.69, 9.17) is 18.9 Å². The Bertz CT molecular complexity index is 618. The second-order valence-electron chi connectivity index (χ2n) is 7.42. The van der Waals surface area contributed by atoms with Crippen LogP contribution in [-0.2, 0) is 9.47 Å². The van der Waals surface area contributed by atoms with E-state index in [1.165, 1.54) is 0 Å². The lowest BCUT2D eigenvalue weighted by molar-refractivity contribution is -0.0846. The molecular formula is C19H26O5. The molecule has 2 aliphatic carbocycles. The fraction of sp³-hybridized carbons (Fsp3) is 0.684. The van der Waals surface area contributed by atoms with Gasteiger partial charge in [-0.1, -0.05) is 6.07 Å². The van der Waals surface area contributed by atoms with Gasteiger partial charge in [0.05, 0.1) is 19.3 Å². The van der Waals surface area contributed by atoms with Crippen LogP contribution >= 0.6 is 0 Å². The van der Waals surface area contributed by atoms with Crippen LogP contribution in [0.25, 0.3) is 0 Å². The number of hydrogen-bond acceptors (Lipinski definition) is 5. The van der Waals surface area contributed by atoms with Crippen LogP contribution in [0.15, 0.2) is 18.2 Å². The van der Waals surface area contributed by atoms with E-state index in [9.17, 15) is 5.11 Å². The van der Waals surface area contributed by atoms with Gasteiger partial charge in [0.15, 0.2) is 0 Å². The fourth-order valence-corrected chi connectivity index (χ4v) is 5.25. The zero-order chi connectivity index (χ0) is 16.9. The molecule has 4 unspecified atom stereocenters. The smallest absolute Gasteiger partial charge is 0.126 e. The van der Waals surface area contributed by atoms with E-state index in [0.717, 1.165) is 36.3 Å². The van der Waals surface area contributed by atoms with E-state index in [-0.39, 0.29) is 18.1 Å². The van der Waals surface area contributed by atoms with E-state index in [1.54, 1.807) is 21.3 Å². The van der Waals surface area contributed by atoms with Crippen molar-refractivity contribution in [3.05, 3.63) is 23.8 Å². The zero-order valence-electron chi connectivity index (χ0n) is 14.5. The summed E-state index contributed by atoms with van der Waals surface area (Å²) in [7, 11) is 5.15. The van der Waals surface area contributed by atoms with Crippen LogP contribution in [-0.4, -0.2) is 50.9 Å². The average molecular weight is 334 g/mol. The number of methoxy groups -OCH3 is 3. The minimum atomic E-state index is -0.794. The van der Waals surface area contributed by atoms with Crippen molar-refractivity contribution in [1.82, 2.24) is 0 Å². The van der Waals surface area contributed by atoms with Crippen LogP contribution in [0.3, 0.4) is 0 Å². The van der Waals surface area contributed by atoms with Crippen LogP contribution in [0.4, 0.5) is 0 Å². The molecule has 1 N–H and O–H groups in total. The van der Waals surface area contributed by atoms with Crippen molar-refractivity contribution in [3.63, 3.8) is 0 Å². The number of hydrogen-bond donors (Lipinski definition) is 1. The third kappa shape index (κ3) is 2.33. The van der Waals surface area contributed by atoms with Gasteiger partial charge in [-0.25, -0.2) is 0 Å². The van der Waals surface area contributed by atoms with Gasteiger partial charge in [-0.05, 0) is 37.2 Å². The molecule has 5 heteroatoms. The molecule has 1 aromatic carbocycles. The summed E-state index contributed by atoms with van der Waals surface area (Å²) in [5.74, 6) is 2.54. The monoisotopic (exact) mass is 334 g/mol. The zero-order valence-corrected chi connectivity index (χ0v) is 14.5. The number of ether oxygens (including phenoxy) is 4. The van der Waals surface area contributed by atoms with Crippen LogP contribution in [0.1, 0.15) is 30.7 Å². The number of fused-ring (bicyclic) bond motifs is 5. The average Bonchev–Trinajstić information content (AvgIpc) is 2.91. The molecule has 0 aromatic heterocycles. The number of rotatable bonds is 3. The van der Waals surface area contributed by atoms with Gasteiger partial charge in [-0.2, -0.15) is 0 Å². The van der Waals surface area contributed by atoms with Gasteiger partial charge in [-0.15, -0.1) is 0 Å². The summed E-state index contributed by atoms with van der Waals surface area (Å²) in [6, 6.07) is 5.93. The molecule has 2 fully saturated rings. The van der Waals surface area contributed by atoms with E-state index in [2.05, 4.69) is 6.07 Å². The maximum absolute atomic E-state index is 11.3. The van der Waals surface area contributed by atoms with Crippen LogP contribution in [0.5, 0.6) is 11.5 Å². The highest BCUT2D eigenvalue weighted by Gasteiger charge is 2.58. The molecule has 0 amide bonds.